The van der Waals surface area contributed by atoms with Gasteiger partial charge in [0.1, 0.15) is 0 Å². The second-order valence-corrected chi connectivity index (χ2v) is 5.99. The normalized spacial score (nSPS) is 25.4. The smallest absolute Gasteiger partial charge is 0.251 e. The fourth-order valence-corrected chi connectivity index (χ4v) is 2.49. The number of aliphatic hydroxyl groups is 1. The highest BCUT2D eigenvalue weighted by atomic mass is 35.5. The number of benzene rings is 1. The molecule has 2 atom stereocenters. The second-order valence-electron chi connectivity index (χ2n) is 5.56. The predicted octanol–water partition coefficient (Wildman–Crippen LogP) is 2.54. The van der Waals surface area contributed by atoms with E-state index in [1.165, 1.54) is 0 Å². The Balaban J connectivity index is 2.09. The molecule has 3 nitrogen and oxygen atoms in total. The number of nitrogens with one attached hydrogen (secondary N) is 1. The molecule has 18 heavy (non-hydrogen) atoms. The summed E-state index contributed by atoms with van der Waals surface area (Å²) in [7, 11) is 0. The second kappa shape index (κ2) is 4.56. The highest BCUT2D eigenvalue weighted by molar-refractivity contribution is 6.30. The Labute approximate surface area is 112 Å². The largest absolute Gasteiger partial charge is 0.392 e. The lowest BCUT2D eigenvalue weighted by molar-refractivity contribution is -0.0689. The summed E-state index contributed by atoms with van der Waals surface area (Å²) in [6.45, 7) is 5.78. The lowest BCUT2D eigenvalue weighted by Crippen LogP contribution is -2.61. The van der Waals surface area contributed by atoms with E-state index in [4.69, 9.17) is 11.6 Å². The summed E-state index contributed by atoms with van der Waals surface area (Å²) >= 11 is 5.87. The maximum absolute atomic E-state index is 12.1. The Bertz CT molecular complexity index is 485. The maximum Gasteiger partial charge on any atom is 0.251 e. The monoisotopic (exact) mass is 267 g/mol. The minimum Gasteiger partial charge on any atom is -0.392 e. The van der Waals surface area contributed by atoms with Crippen LogP contribution in [0, 0.1) is 12.3 Å². The van der Waals surface area contributed by atoms with Crippen LogP contribution >= 0.6 is 11.6 Å². The average molecular weight is 268 g/mol. The number of aryl methyl sites for hydroxylation is 1. The van der Waals surface area contributed by atoms with Crippen molar-refractivity contribution in [2.24, 2.45) is 5.41 Å². The summed E-state index contributed by atoms with van der Waals surface area (Å²) in [5.74, 6) is -0.103. The van der Waals surface area contributed by atoms with E-state index in [9.17, 15) is 9.90 Å². The summed E-state index contributed by atoms with van der Waals surface area (Å²) in [5, 5.41) is 13.3. The van der Waals surface area contributed by atoms with E-state index in [2.05, 4.69) is 5.32 Å². The molecule has 1 saturated carbocycles. The van der Waals surface area contributed by atoms with E-state index >= 15 is 0 Å². The van der Waals surface area contributed by atoms with Gasteiger partial charge in [-0.25, -0.2) is 0 Å². The third-order valence-corrected chi connectivity index (χ3v) is 4.19. The molecule has 1 amide bonds. The molecule has 2 unspecified atom stereocenters. The van der Waals surface area contributed by atoms with Crippen molar-refractivity contribution < 1.29 is 9.90 Å². The fraction of sp³-hybridized carbons (Fsp3) is 0.500. The van der Waals surface area contributed by atoms with E-state index < -0.39 is 0 Å². The van der Waals surface area contributed by atoms with Gasteiger partial charge in [-0.3, -0.25) is 4.79 Å². The topological polar surface area (TPSA) is 49.3 Å². The van der Waals surface area contributed by atoms with Crippen LogP contribution in [0.1, 0.15) is 36.2 Å². The SMILES string of the molecule is Cc1cc(Cl)ccc1C(=O)NC1CC(O)C1(C)C. The Kier molecular flexibility index (Phi) is 3.39. The standard InChI is InChI=1S/C14H18ClNO2/c1-8-6-9(15)4-5-10(8)13(18)16-11-7-12(17)14(11,2)3/h4-6,11-12,17H,7H2,1-3H3,(H,16,18). The molecule has 0 heterocycles. The van der Waals surface area contributed by atoms with Gasteiger partial charge in [0.05, 0.1) is 6.10 Å². The van der Waals surface area contributed by atoms with Gasteiger partial charge < -0.3 is 10.4 Å². The minimum absolute atomic E-state index is 0.0232. The molecule has 1 aliphatic rings. The quantitative estimate of drug-likeness (QED) is 0.865. The van der Waals surface area contributed by atoms with Gasteiger partial charge in [-0.05, 0) is 37.1 Å². The molecule has 4 heteroatoms. The average Bonchev–Trinajstić information content (AvgIpc) is 2.28. The molecule has 1 aromatic carbocycles. The zero-order valence-corrected chi connectivity index (χ0v) is 11.6. The number of aliphatic hydroxyl groups excluding tert-OH is 1. The minimum atomic E-state index is -0.339. The predicted molar refractivity (Wildman–Crippen MR) is 71.8 cm³/mol. The van der Waals surface area contributed by atoms with Gasteiger partial charge in [0.15, 0.2) is 0 Å². The molecular weight excluding hydrogens is 250 g/mol. The Morgan fingerprint density at radius 2 is 2.17 bits per heavy atom. The van der Waals surface area contributed by atoms with Gasteiger partial charge in [-0.2, -0.15) is 0 Å². The van der Waals surface area contributed by atoms with Crippen LogP contribution in [0.15, 0.2) is 18.2 Å². The van der Waals surface area contributed by atoms with Crippen molar-refractivity contribution >= 4 is 17.5 Å². The molecule has 98 valence electrons. The van der Waals surface area contributed by atoms with Crippen molar-refractivity contribution in [1.29, 1.82) is 0 Å². The van der Waals surface area contributed by atoms with Crippen molar-refractivity contribution in [3.63, 3.8) is 0 Å². The summed E-state index contributed by atoms with van der Waals surface area (Å²) in [6.07, 6.45) is 0.278. The third kappa shape index (κ3) is 2.25. The Hall–Kier alpha value is -1.06. The zero-order chi connectivity index (χ0) is 13.5. The summed E-state index contributed by atoms with van der Waals surface area (Å²) in [5.41, 5.74) is 1.24. The van der Waals surface area contributed by atoms with Crippen LogP contribution in [0.3, 0.4) is 0 Å². The van der Waals surface area contributed by atoms with Crippen LogP contribution in [0.4, 0.5) is 0 Å². The van der Waals surface area contributed by atoms with Crippen molar-refractivity contribution in [3.05, 3.63) is 34.3 Å². The van der Waals surface area contributed by atoms with Crippen molar-refractivity contribution in [3.8, 4) is 0 Å². The molecule has 2 N–H and O–H groups in total. The Morgan fingerprint density at radius 3 is 2.67 bits per heavy atom. The molecule has 1 aliphatic carbocycles. The number of halogens is 1. The van der Waals surface area contributed by atoms with Gasteiger partial charge in [0.2, 0.25) is 0 Å². The first-order valence-corrected chi connectivity index (χ1v) is 6.45. The molecule has 0 spiro atoms. The summed E-state index contributed by atoms with van der Waals surface area (Å²) in [6, 6.07) is 5.24. The lowest BCUT2D eigenvalue weighted by atomic mass is 9.64. The lowest BCUT2D eigenvalue weighted by Gasteiger charge is -2.49. The van der Waals surface area contributed by atoms with Crippen LogP contribution in [-0.4, -0.2) is 23.2 Å². The van der Waals surface area contributed by atoms with Crippen molar-refractivity contribution in [2.75, 3.05) is 0 Å². The number of hydrogen-bond acceptors (Lipinski definition) is 2. The van der Waals surface area contributed by atoms with Crippen LogP contribution in [0.2, 0.25) is 5.02 Å². The summed E-state index contributed by atoms with van der Waals surface area (Å²) < 4.78 is 0. The molecule has 1 aromatic rings. The molecule has 0 aliphatic heterocycles. The van der Waals surface area contributed by atoms with Crippen molar-refractivity contribution in [1.82, 2.24) is 5.32 Å². The first-order chi connectivity index (χ1) is 8.32. The van der Waals surface area contributed by atoms with Gasteiger partial charge in [0, 0.05) is 22.0 Å². The molecule has 0 saturated heterocycles. The van der Waals surface area contributed by atoms with E-state index in [0.29, 0.717) is 17.0 Å². The van der Waals surface area contributed by atoms with E-state index in [0.717, 1.165) is 5.56 Å². The van der Waals surface area contributed by atoms with Gasteiger partial charge in [0.25, 0.3) is 5.91 Å². The number of carbonyl (C=O) groups is 1. The van der Waals surface area contributed by atoms with E-state index in [-0.39, 0.29) is 23.5 Å². The molecule has 0 radical (unpaired) electrons. The van der Waals surface area contributed by atoms with Gasteiger partial charge >= 0.3 is 0 Å². The van der Waals surface area contributed by atoms with Crippen LogP contribution in [0.25, 0.3) is 0 Å². The zero-order valence-electron chi connectivity index (χ0n) is 10.8. The third-order valence-electron chi connectivity index (χ3n) is 3.95. The van der Waals surface area contributed by atoms with Gasteiger partial charge in [-0.15, -0.1) is 0 Å². The highest BCUT2D eigenvalue weighted by Gasteiger charge is 2.48. The number of carbonyl (C=O) groups excluding carboxylic acids is 1. The van der Waals surface area contributed by atoms with E-state index in [1.807, 2.05) is 20.8 Å². The summed E-state index contributed by atoms with van der Waals surface area (Å²) in [4.78, 5) is 12.1. The molecule has 2 rings (SSSR count). The van der Waals surface area contributed by atoms with Crippen LogP contribution in [-0.2, 0) is 0 Å². The molecule has 0 aromatic heterocycles. The maximum atomic E-state index is 12.1. The van der Waals surface area contributed by atoms with Gasteiger partial charge in [-0.1, -0.05) is 25.4 Å². The molecular formula is C14H18ClNO2. The molecule has 1 fully saturated rings. The molecule has 0 bridgehead atoms. The fourth-order valence-electron chi connectivity index (χ4n) is 2.27. The first kappa shape index (κ1) is 13.4. The number of hydrogen-bond donors (Lipinski definition) is 2. The van der Waals surface area contributed by atoms with E-state index in [1.54, 1.807) is 18.2 Å². The van der Waals surface area contributed by atoms with Crippen molar-refractivity contribution in [2.45, 2.75) is 39.3 Å². The highest BCUT2D eigenvalue weighted by Crippen LogP contribution is 2.40. The number of rotatable bonds is 2. The first-order valence-electron chi connectivity index (χ1n) is 6.07. The van der Waals surface area contributed by atoms with Crippen LogP contribution < -0.4 is 5.32 Å². The number of amides is 1. The Morgan fingerprint density at radius 1 is 1.50 bits per heavy atom. The van der Waals surface area contributed by atoms with Crippen LogP contribution in [0.5, 0.6) is 0 Å².